The van der Waals surface area contributed by atoms with Crippen molar-refractivity contribution in [3.63, 3.8) is 0 Å². The Morgan fingerprint density at radius 2 is 0.753 bits per heavy atom. The largest absolute Gasteiger partial charge is 0.310 e. The quantitative estimate of drug-likeness (QED) is 0.126. The third-order valence-electron chi connectivity index (χ3n) is 18.5. The number of rotatable bonds is 10. The van der Waals surface area contributed by atoms with E-state index in [-0.39, 0.29) is 16.2 Å². The summed E-state index contributed by atoms with van der Waals surface area (Å²) in [7, 11) is 0. The minimum atomic E-state index is -0.172. The molecule has 0 bridgehead atoms. The van der Waals surface area contributed by atoms with Crippen LogP contribution in [0.15, 0.2) is 200 Å². The summed E-state index contributed by atoms with van der Waals surface area (Å²) in [6.07, 6.45) is 15.5. The molecule has 0 heterocycles. The van der Waals surface area contributed by atoms with Crippen LogP contribution in [0, 0.1) is 47.5 Å². The van der Waals surface area contributed by atoms with Crippen molar-refractivity contribution in [2.45, 2.75) is 106 Å². The highest BCUT2D eigenvalue weighted by atomic mass is 15.2. The second-order valence-electron chi connectivity index (χ2n) is 25.5. The van der Waals surface area contributed by atoms with Crippen LogP contribution in [-0.2, 0) is 16.2 Å². The van der Waals surface area contributed by atoms with Gasteiger partial charge in [-0.2, -0.15) is 0 Å². The first-order chi connectivity index (χ1) is 38.8. The summed E-state index contributed by atoms with van der Waals surface area (Å²) in [4.78, 5) is 4.89. The Kier molecular flexibility index (Phi) is 12.4. The van der Waals surface area contributed by atoms with E-state index in [1.807, 2.05) is 0 Å². The summed E-state index contributed by atoms with van der Waals surface area (Å²) in [6, 6.07) is 66.8. The standard InChI is InChI=1S/C79H74N2/c1-49-37-50(2)40-61(39-49)80(75-19-15-13-17-53(75)5)59-29-35-67-65-33-27-57(45-71(65)78(9,10)73(67)47-59)23-21-55-25-31-63-64-32-26-56(44-70(64)77(7,8)69(63)43-55)22-24-58-28-34-66-68-36-30-60(48-74(68)79(11,12)72(66)46-58)81(76-20-16-14-18-54(76)6)62-41-51(3)38-52(4)42-62/h13-27,29-48,58H,28H2,1-12H3/b23-21+,24-22+. The number of anilines is 6. The first-order valence-electron chi connectivity index (χ1n) is 29.2. The van der Waals surface area contributed by atoms with Crippen LogP contribution in [0.2, 0.25) is 0 Å². The first-order valence-corrected chi connectivity index (χ1v) is 29.2. The molecule has 4 aliphatic carbocycles. The zero-order valence-corrected chi connectivity index (χ0v) is 49.4. The summed E-state index contributed by atoms with van der Waals surface area (Å²) in [6.45, 7) is 27.6. The Morgan fingerprint density at radius 1 is 0.370 bits per heavy atom. The SMILES string of the molecule is Cc1cc(C)cc(N(c2ccc3c(c2)C(C)(C)C2=CC(/C=C/c4ccc5c(c4)C(C)(C)c4cc(/C=C/c6ccc7c(c6)C(C)(C)c6cc(N(c8cc(C)cc(C)c8)c8ccccc8C)ccc6-7)ccc4-5)CC=C23)c2ccccc2C)c1. The smallest absolute Gasteiger partial charge is 0.0490 e. The number of para-hydroxylation sites is 2. The van der Waals surface area contributed by atoms with Crippen LogP contribution in [0.3, 0.4) is 0 Å². The molecular weight excluding hydrogens is 977 g/mol. The second-order valence-corrected chi connectivity index (χ2v) is 25.5. The molecule has 9 aromatic rings. The normalized spacial score (nSPS) is 16.6. The Balaban J connectivity index is 0.728. The van der Waals surface area contributed by atoms with E-state index in [2.05, 4.69) is 305 Å². The molecule has 0 saturated heterocycles. The number of benzene rings is 9. The molecule has 1 unspecified atom stereocenters. The van der Waals surface area contributed by atoms with Crippen LogP contribution < -0.4 is 9.80 Å². The molecule has 9 aromatic carbocycles. The van der Waals surface area contributed by atoms with E-state index < -0.39 is 0 Å². The summed E-state index contributed by atoms with van der Waals surface area (Å²) in [5, 5.41) is 0. The number of nitrogens with zero attached hydrogens (tertiary/aromatic N) is 2. The number of fused-ring (bicyclic) bond motifs is 9. The molecule has 0 aliphatic heterocycles. The maximum absolute atomic E-state index is 2.56. The van der Waals surface area contributed by atoms with Gasteiger partial charge in [0.25, 0.3) is 0 Å². The third-order valence-corrected chi connectivity index (χ3v) is 18.5. The lowest BCUT2D eigenvalue weighted by molar-refractivity contribution is 0.645. The molecule has 0 fully saturated rings. The van der Waals surface area contributed by atoms with Gasteiger partial charge in [-0.1, -0.05) is 193 Å². The van der Waals surface area contributed by atoms with Crippen LogP contribution in [0.4, 0.5) is 34.1 Å². The van der Waals surface area contributed by atoms with Crippen LogP contribution in [0.25, 0.3) is 46.1 Å². The number of allylic oxidation sites excluding steroid dienone is 5. The highest BCUT2D eigenvalue weighted by molar-refractivity contribution is 5.93. The molecule has 1 atom stereocenters. The second kappa shape index (κ2) is 19.4. The molecule has 0 N–H and O–H groups in total. The van der Waals surface area contributed by atoms with E-state index in [1.54, 1.807) is 0 Å². The monoisotopic (exact) mass is 1050 g/mol. The van der Waals surface area contributed by atoms with Crippen molar-refractivity contribution in [2.24, 2.45) is 5.92 Å². The molecule has 0 amide bonds. The fraction of sp³-hybridized carbons (Fsp3) is 0.215. The lowest BCUT2D eigenvalue weighted by atomic mass is 9.78. The molecule has 13 rings (SSSR count). The van der Waals surface area contributed by atoms with Crippen molar-refractivity contribution in [1.82, 2.24) is 0 Å². The van der Waals surface area contributed by atoms with Gasteiger partial charge in [-0.05, 0) is 231 Å². The van der Waals surface area contributed by atoms with Crippen molar-refractivity contribution in [3.8, 4) is 22.3 Å². The zero-order chi connectivity index (χ0) is 56.3. The molecule has 0 spiro atoms. The van der Waals surface area contributed by atoms with Crippen LogP contribution >= 0.6 is 0 Å². The van der Waals surface area contributed by atoms with Gasteiger partial charge in [-0.25, -0.2) is 0 Å². The van der Waals surface area contributed by atoms with Gasteiger partial charge >= 0.3 is 0 Å². The molecule has 0 saturated carbocycles. The fourth-order valence-corrected chi connectivity index (χ4v) is 14.3. The molecule has 2 nitrogen and oxygen atoms in total. The highest BCUT2D eigenvalue weighted by Crippen LogP contribution is 2.55. The average molecular weight is 1050 g/mol. The van der Waals surface area contributed by atoms with Crippen molar-refractivity contribution in [2.75, 3.05) is 9.80 Å². The molecule has 2 heteroatoms. The van der Waals surface area contributed by atoms with Crippen LogP contribution in [-0.4, -0.2) is 0 Å². The van der Waals surface area contributed by atoms with Crippen LogP contribution in [0.1, 0.15) is 131 Å². The third kappa shape index (κ3) is 8.87. The lowest BCUT2D eigenvalue weighted by Gasteiger charge is -2.30. The fourth-order valence-electron chi connectivity index (χ4n) is 14.3. The van der Waals surface area contributed by atoms with E-state index in [4.69, 9.17) is 0 Å². The average Bonchev–Trinajstić information content (AvgIpc) is 4.05. The van der Waals surface area contributed by atoms with E-state index in [1.165, 1.54) is 151 Å². The van der Waals surface area contributed by atoms with Gasteiger partial charge in [0.05, 0.1) is 0 Å². The topological polar surface area (TPSA) is 6.48 Å². The van der Waals surface area contributed by atoms with Gasteiger partial charge in [-0.3, -0.25) is 0 Å². The minimum absolute atomic E-state index is 0.135. The Labute approximate surface area is 482 Å². The van der Waals surface area contributed by atoms with Gasteiger partial charge < -0.3 is 9.80 Å². The van der Waals surface area contributed by atoms with Gasteiger partial charge in [-0.15, -0.1) is 0 Å². The number of hydrogen-bond donors (Lipinski definition) is 0. The van der Waals surface area contributed by atoms with E-state index in [0.29, 0.717) is 5.92 Å². The molecule has 0 radical (unpaired) electrons. The minimum Gasteiger partial charge on any atom is -0.310 e. The predicted molar refractivity (Wildman–Crippen MR) is 347 cm³/mol. The number of aryl methyl sites for hydroxylation is 6. The van der Waals surface area contributed by atoms with Crippen molar-refractivity contribution in [1.29, 1.82) is 0 Å². The Bertz CT molecular complexity index is 4160. The maximum atomic E-state index is 2.56. The number of hydrogen-bond acceptors (Lipinski definition) is 2. The van der Waals surface area contributed by atoms with Gasteiger partial charge in [0, 0.05) is 50.4 Å². The van der Waals surface area contributed by atoms with Crippen molar-refractivity contribution < 1.29 is 0 Å². The van der Waals surface area contributed by atoms with E-state index in [0.717, 1.165) is 6.42 Å². The van der Waals surface area contributed by atoms with Gasteiger partial charge in [0.1, 0.15) is 0 Å². The first kappa shape index (κ1) is 51.9. The summed E-state index contributed by atoms with van der Waals surface area (Å²) in [5.74, 6) is 0.317. The van der Waals surface area contributed by atoms with Crippen LogP contribution in [0.5, 0.6) is 0 Å². The molecule has 81 heavy (non-hydrogen) atoms. The van der Waals surface area contributed by atoms with Gasteiger partial charge in [0.15, 0.2) is 0 Å². The molecular formula is C79H74N2. The Hall–Kier alpha value is -8.46. The predicted octanol–water partition coefficient (Wildman–Crippen LogP) is 21.6. The summed E-state index contributed by atoms with van der Waals surface area (Å²) < 4.78 is 0. The highest BCUT2D eigenvalue weighted by Gasteiger charge is 2.41. The Morgan fingerprint density at radius 3 is 1.20 bits per heavy atom. The maximum Gasteiger partial charge on any atom is 0.0490 e. The van der Waals surface area contributed by atoms with Gasteiger partial charge in [0.2, 0.25) is 0 Å². The van der Waals surface area contributed by atoms with E-state index in [9.17, 15) is 0 Å². The van der Waals surface area contributed by atoms with Crippen molar-refractivity contribution >= 4 is 57.9 Å². The zero-order valence-electron chi connectivity index (χ0n) is 49.4. The van der Waals surface area contributed by atoms with E-state index >= 15 is 0 Å². The molecule has 400 valence electrons. The van der Waals surface area contributed by atoms with Crippen molar-refractivity contribution in [3.05, 3.63) is 283 Å². The summed E-state index contributed by atoms with van der Waals surface area (Å²) >= 11 is 0. The molecule has 0 aromatic heterocycles. The summed E-state index contributed by atoms with van der Waals surface area (Å²) in [5.41, 5.74) is 34.5. The molecule has 4 aliphatic rings. The lowest BCUT2D eigenvalue weighted by Crippen LogP contribution is -2.18.